The van der Waals surface area contributed by atoms with Crippen molar-refractivity contribution >= 4 is 12.0 Å². The zero-order valence-electron chi connectivity index (χ0n) is 18.7. The Morgan fingerprint density at radius 2 is 2.16 bits per heavy atom. The van der Waals surface area contributed by atoms with Crippen molar-refractivity contribution in [1.29, 1.82) is 0 Å². The molecule has 4 rings (SSSR count). The number of aromatic nitrogens is 1. The highest BCUT2D eigenvalue weighted by molar-refractivity contribution is 5.78. The maximum atomic E-state index is 12.4. The summed E-state index contributed by atoms with van der Waals surface area (Å²) in [7, 11) is 1.56. The number of nitrogens with zero attached hydrogens (tertiary/aromatic N) is 1. The minimum Gasteiger partial charge on any atom is -0.481 e. The average molecular weight is 448 g/mol. The van der Waals surface area contributed by atoms with Gasteiger partial charge in [0, 0.05) is 24.9 Å². The molecule has 3 unspecified atom stereocenters. The van der Waals surface area contributed by atoms with Gasteiger partial charge in [0.2, 0.25) is 11.8 Å². The lowest BCUT2D eigenvalue weighted by atomic mass is 9.96. The monoisotopic (exact) mass is 447 g/mol. The number of ether oxygens (including phenoxy) is 3. The van der Waals surface area contributed by atoms with E-state index in [1.807, 2.05) is 13.0 Å². The summed E-state index contributed by atoms with van der Waals surface area (Å²) < 4.78 is 16.1. The number of nitrogens with one attached hydrogen (secondary N) is 4. The van der Waals surface area contributed by atoms with Crippen LogP contribution in [0.15, 0.2) is 18.3 Å². The maximum absolute atomic E-state index is 12.4. The van der Waals surface area contributed by atoms with E-state index in [4.69, 9.17) is 14.2 Å². The molecule has 10 heteroatoms. The van der Waals surface area contributed by atoms with Crippen LogP contribution in [0.4, 0.5) is 4.79 Å². The molecule has 1 saturated carbocycles. The SMILES string of the molecule is COc1ccc(CC(=O)NC2CC([C@H]3CC[C@@H](OC(=O)NC4(C)CCOC4)C3)NN2)cn1. The Balaban J connectivity index is 1.17. The Morgan fingerprint density at radius 1 is 1.28 bits per heavy atom. The summed E-state index contributed by atoms with van der Waals surface area (Å²) in [5.41, 5.74) is 6.98. The van der Waals surface area contributed by atoms with Crippen molar-refractivity contribution in [1.82, 2.24) is 26.5 Å². The maximum Gasteiger partial charge on any atom is 0.407 e. The van der Waals surface area contributed by atoms with Gasteiger partial charge in [-0.15, -0.1) is 0 Å². The van der Waals surface area contributed by atoms with Crippen molar-refractivity contribution in [3.05, 3.63) is 23.9 Å². The van der Waals surface area contributed by atoms with Crippen LogP contribution >= 0.6 is 0 Å². The lowest BCUT2D eigenvalue weighted by Crippen LogP contribution is -2.47. The Labute approximate surface area is 188 Å². The summed E-state index contributed by atoms with van der Waals surface area (Å²) in [4.78, 5) is 28.8. The molecule has 10 nitrogen and oxygen atoms in total. The Bertz CT molecular complexity index is 798. The lowest BCUT2D eigenvalue weighted by Gasteiger charge is -2.24. The van der Waals surface area contributed by atoms with Crippen LogP contribution in [0.3, 0.4) is 0 Å². The van der Waals surface area contributed by atoms with Gasteiger partial charge >= 0.3 is 6.09 Å². The van der Waals surface area contributed by atoms with Crippen LogP contribution < -0.4 is 26.2 Å². The van der Waals surface area contributed by atoms with Crippen molar-refractivity contribution in [3.63, 3.8) is 0 Å². The Kier molecular flexibility index (Phi) is 7.12. The predicted molar refractivity (Wildman–Crippen MR) is 116 cm³/mol. The highest BCUT2D eigenvalue weighted by Gasteiger charge is 2.38. The van der Waals surface area contributed by atoms with E-state index in [-0.39, 0.29) is 42.3 Å². The largest absolute Gasteiger partial charge is 0.481 e. The normalized spacial score (nSPS) is 31.9. The molecule has 0 spiro atoms. The molecule has 4 N–H and O–H groups in total. The summed E-state index contributed by atoms with van der Waals surface area (Å²) in [6.07, 6.45) is 5.57. The first kappa shape index (κ1) is 22.8. The standard InChI is InChI=1S/C22H33N5O5/c1-22(7-8-31-13-22)25-21(29)32-16-5-4-15(10-16)17-11-18(27-26-17)24-19(28)9-14-3-6-20(30-2)23-12-14/h3,6,12,15-18,26-27H,4-5,7-11,13H2,1-2H3,(H,24,28)(H,25,29)/t15-,16+,17?,18?,22?/m0/s1. The first-order valence-electron chi connectivity index (χ1n) is 11.3. The molecule has 1 aromatic rings. The summed E-state index contributed by atoms with van der Waals surface area (Å²) in [5, 5.41) is 5.97. The fourth-order valence-corrected chi connectivity index (χ4v) is 4.69. The third-order valence-electron chi connectivity index (χ3n) is 6.53. The van der Waals surface area contributed by atoms with E-state index in [9.17, 15) is 9.59 Å². The van der Waals surface area contributed by atoms with Gasteiger partial charge in [-0.3, -0.25) is 10.2 Å². The van der Waals surface area contributed by atoms with Gasteiger partial charge in [-0.2, -0.15) is 0 Å². The van der Waals surface area contributed by atoms with Crippen LogP contribution in [-0.2, 0) is 20.7 Å². The highest BCUT2D eigenvalue weighted by atomic mass is 16.6. The number of hydrazine groups is 1. The molecule has 3 aliphatic rings. The molecule has 2 amide bonds. The third-order valence-corrected chi connectivity index (χ3v) is 6.53. The topological polar surface area (TPSA) is 123 Å². The van der Waals surface area contributed by atoms with Crippen molar-refractivity contribution < 1.29 is 23.8 Å². The predicted octanol–water partition coefficient (Wildman–Crippen LogP) is 1.02. The van der Waals surface area contributed by atoms with Gasteiger partial charge in [-0.1, -0.05) is 6.07 Å². The summed E-state index contributed by atoms with van der Waals surface area (Å²) in [5.74, 6) is 0.848. The smallest absolute Gasteiger partial charge is 0.407 e. The van der Waals surface area contributed by atoms with Gasteiger partial charge in [-0.25, -0.2) is 15.2 Å². The van der Waals surface area contributed by atoms with Crippen LogP contribution in [0.5, 0.6) is 5.88 Å². The molecule has 2 saturated heterocycles. The molecule has 176 valence electrons. The van der Waals surface area contributed by atoms with Crippen LogP contribution in [0.1, 0.15) is 44.6 Å². The van der Waals surface area contributed by atoms with Gasteiger partial charge in [0.15, 0.2) is 0 Å². The van der Waals surface area contributed by atoms with Gasteiger partial charge in [0.25, 0.3) is 0 Å². The molecule has 1 aromatic heterocycles. The quantitative estimate of drug-likeness (QED) is 0.489. The minimum absolute atomic E-state index is 0.0643. The molecule has 32 heavy (non-hydrogen) atoms. The third kappa shape index (κ3) is 5.87. The Hall–Kier alpha value is -2.43. The van der Waals surface area contributed by atoms with Gasteiger partial charge in [-0.05, 0) is 50.5 Å². The molecule has 1 aliphatic carbocycles. The van der Waals surface area contributed by atoms with E-state index >= 15 is 0 Å². The van der Waals surface area contributed by atoms with Gasteiger partial charge < -0.3 is 24.8 Å². The molecular formula is C22H33N5O5. The summed E-state index contributed by atoms with van der Waals surface area (Å²) in [6, 6.07) is 3.80. The lowest BCUT2D eigenvalue weighted by molar-refractivity contribution is -0.121. The Morgan fingerprint density at radius 3 is 2.88 bits per heavy atom. The number of hydrogen-bond donors (Lipinski definition) is 4. The van der Waals surface area contributed by atoms with Crippen molar-refractivity contribution in [2.45, 2.75) is 69.3 Å². The summed E-state index contributed by atoms with van der Waals surface area (Å²) in [6.45, 7) is 3.17. The number of hydrogen-bond acceptors (Lipinski definition) is 8. The van der Waals surface area contributed by atoms with Gasteiger partial charge in [0.1, 0.15) is 6.10 Å². The molecular weight excluding hydrogens is 414 g/mol. The van der Waals surface area contributed by atoms with E-state index < -0.39 is 0 Å². The fraction of sp³-hybridized carbons (Fsp3) is 0.682. The number of carbonyl (C=O) groups is 2. The van der Waals surface area contributed by atoms with Crippen molar-refractivity contribution in [2.24, 2.45) is 5.92 Å². The van der Waals surface area contributed by atoms with E-state index in [0.717, 1.165) is 37.7 Å². The second kappa shape index (κ2) is 10.0. The molecule has 5 atom stereocenters. The van der Waals surface area contributed by atoms with Crippen LogP contribution in [-0.4, -0.2) is 61.2 Å². The van der Waals surface area contributed by atoms with E-state index in [2.05, 4.69) is 26.5 Å². The number of carbonyl (C=O) groups excluding carboxylic acids is 2. The molecule has 0 radical (unpaired) electrons. The molecule has 0 bridgehead atoms. The number of pyridine rings is 1. The molecule has 0 aromatic carbocycles. The molecule has 3 heterocycles. The van der Waals surface area contributed by atoms with Crippen molar-refractivity contribution in [3.8, 4) is 5.88 Å². The number of methoxy groups -OCH3 is 1. The number of amides is 2. The van der Waals surface area contributed by atoms with Crippen LogP contribution in [0, 0.1) is 5.92 Å². The van der Waals surface area contributed by atoms with E-state index in [1.165, 1.54) is 0 Å². The number of alkyl carbamates (subject to hydrolysis) is 1. The molecule has 3 fully saturated rings. The fourth-order valence-electron chi connectivity index (χ4n) is 4.69. The van der Waals surface area contributed by atoms with Gasteiger partial charge in [0.05, 0.1) is 31.8 Å². The van der Waals surface area contributed by atoms with E-state index in [1.54, 1.807) is 19.4 Å². The first-order valence-corrected chi connectivity index (χ1v) is 11.3. The van der Waals surface area contributed by atoms with Crippen molar-refractivity contribution in [2.75, 3.05) is 20.3 Å². The van der Waals surface area contributed by atoms with Crippen LogP contribution in [0.2, 0.25) is 0 Å². The number of rotatable bonds is 7. The average Bonchev–Trinajstić information content (AvgIpc) is 3.50. The first-order chi connectivity index (χ1) is 15.4. The zero-order chi connectivity index (χ0) is 22.6. The zero-order valence-corrected chi connectivity index (χ0v) is 18.7. The van der Waals surface area contributed by atoms with E-state index in [0.29, 0.717) is 25.0 Å². The second-order valence-electron chi connectivity index (χ2n) is 9.23. The minimum atomic E-state index is -0.362. The van der Waals surface area contributed by atoms with Crippen LogP contribution in [0.25, 0.3) is 0 Å². The second-order valence-corrected chi connectivity index (χ2v) is 9.23. The molecule has 2 aliphatic heterocycles. The highest BCUT2D eigenvalue weighted by Crippen LogP contribution is 2.33. The summed E-state index contributed by atoms with van der Waals surface area (Å²) >= 11 is 0.